The molecule has 1 aliphatic heterocycles. The predicted molar refractivity (Wildman–Crippen MR) is 123 cm³/mol. The summed E-state index contributed by atoms with van der Waals surface area (Å²) in [6, 6.07) is 12.8. The molecule has 0 radical (unpaired) electrons. The van der Waals surface area contributed by atoms with Crippen LogP contribution in [-0.4, -0.2) is 57.5 Å². The van der Waals surface area contributed by atoms with E-state index in [0.717, 1.165) is 50.1 Å². The molecule has 0 bridgehead atoms. The Balaban J connectivity index is 1.28. The van der Waals surface area contributed by atoms with Gasteiger partial charge in [-0.2, -0.15) is 0 Å². The summed E-state index contributed by atoms with van der Waals surface area (Å²) in [5, 5.41) is 11.4. The van der Waals surface area contributed by atoms with E-state index in [9.17, 15) is 4.79 Å². The van der Waals surface area contributed by atoms with Crippen molar-refractivity contribution in [2.75, 3.05) is 36.8 Å². The normalized spacial score (nSPS) is 14.3. The van der Waals surface area contributed by atoms with Gasteiger partial charge in [0, 0.05) is 43.3 Å². The number of thioether (sulfide) groups is 1. The van der Waals surface area contributed by atoms with Crippen molar-refractivity contribution >= 4 is 34.7 Å². The second-order valence-electron chi connectivity index (χ2n) is 7.51. The van der Waals surface area contributed by atoms with Crippen LogP contribution < -0.4 is 4.90 Å². The van der Waals surface area contributed by atoms with Gasteiger partial charge < -0.3 is 14.4 Å². The summed E-state index contributed by atoms with van der Waals surface area (Å²) in [7, 11) is 0. The van der Waals surface area contributed by atoms with Gasteiger partial charge >= 0.3 is 0 Å². The summed E-state index contributed by atoms with van der Waals surface area (Å²) in [6.07, 6.45) is 0.957. The first-order valence-corrected chi connectivity index (χ1v) is 12.1. The maximum Gasteiger partial charge on any atom is 0.233 e. The Bertz CT molecular complexity index is 977. The molecule has 1 saturated heterocycles. The molecule has 4 rings (SSSR count). The summed E-state index contributed by atoms with van der Waals surface area (Å²) in [6.45, 7) is 8.19. The molecule has 0 N–H and O–H groups in total. The second-order valence-corrected chi connectivity index (χ2v) is 9.48. The fraction of sp³-hybridized carbons (Fsp3) is 0.409. The van der Waals surface area contributed by atoms with Gasteiger partial charge in [0.05, 0.1) is 5.75 Å². The minimum atomic E-state index is 0.175. The van der Waals surface area contributed by atoms with Crippen molar-refractivity contribution < 1.29 is 4.79 Å². The van der Waals surface area contributed by atoms with Crippen molar-refractivity contribution in [3.05, 3.63) is 58.0 Å². The largest absolute Gasteiger partial charge is 0.368 e. The summed E-state index contributed by atoms with van der Waals surface area (Å²) >= 11 is 3.26. The van der Waals surface area contributed by atoms with E-state index >= 15 is 0 Å². The number of hydrogen-bond acceptors (Lipinski definition) is 6. The highest BCUT2D eigenvalue weighted by Gasteiger charge is 2.22. The third-order valence-corrected chi connectivity index (χ3v) is 7.28. The van der Waals surface area contributed by atoms with Crippen LogP contribution in [0.25, 0.3) is 0 Å². The molecule has 3 heterocycles. The number of piperazine rings is 1. The first-order valence-electron chi connectivity index (χ1n) is 10.2. The molecular weight excluding hydrogens is 414 g/mol. The molecule has 6 nitrogen and oxygen atoms in total. The van der Waals surface area contributed by atoms with E-state index in [1.54, 1.807) is 11.3 Å². The molecule has 30 heavy (non-hydrogen) atoms. The first kappa shape index (κ1) is 20.9. The Kier molecular flexibility index (Phi) is 6.74. The lowest BCUT2D eigenvalue weighted by atomic mass is 10.2. The van der Waals surface area contributed by atoms with Crippen molar-refractivity contribution in [1.82, 2.24) is 19.7 Å². The van der Waals surface area contributed by atoms with Gasteiger partial charge in [0.25, 0.3) is 0 Å². The number of carbonyl (C=O) groups is 1. The third-order valence-electron chi connectivity index (χ3n) is 5.39. The van der Waals surface area contributed by atoms with Crippen LogP contribution in [0.1, 0.15) is 16.3 Å². The molecule has 158 valence electrons. The molecule has 0 aliphatic carbocycles. The van der Waals surface area contributed by atoms with Crippen LogP contribution in [0, 0.1) is 13.8 Å². The Morgan fingerprint density at radius 3 is 2.67 bits per heavy atom. The summed E-state index contributed by atoms with van der Waals surface area (Å²) < 4.78 is 2.12. The topological polar surface area (TPSA) is 54.3 Å². The van der Waals surface area contributed by atoms with Gasteiger partial charge in [-0.1, -0.05) is 30.0 Å². The molecular formula is C22H27N5OS2. The number of aromatic nitrogens is 3. The van der Waals surface area contributed by atoms with E-state index in [1.807, 2.05) is 11.8 Å². The van der Waals surface area contributed by atoms with E-state index in [0.29, 0.717) is 5.75 Å². The minimum Gasteiger partial charge on any atom is -0.368 e. The smallest absolute Gasteiger partial charge is 0.233 e. The van der Waals surface area contributed by atoms with Gasteiger partial charge in [0.1, 0.15) is 5.82 Å². The molecule has 1 aromatic carbocycles. The van der Waals surface area contributed by atoms with Gasteiger partial charge in [0.2, 0.25) is 5.91 Å². The number of benzene rings is 1. The average molecular weight is 442 g/mol. The minimum absolute atomic E-state index is 0.175. The molecule has 0 unspecified atom stereocenters. The second kappa shape index (κ2) is 9.66. The van der Waals surface area contributed by atoms with Gasteiger partial charge in [0.15, 0.2) is 5.16 Å². The highest BCUT2D eigenvalue weighted by molar-refractivity contribution is 7.99. The SMILES string of the molecule is Cc1cccc(N2CCN(C(=O)CSc3nnc(C)n3CCc3cccs3)CC2)c1. The fourth-order valence-electron chi connectivity index (χ4n) is 3.66. The monoisotopic (exact) mass is 441 g/mol. The molecule has 0 saturated carbocycles. The van der Waals surface area contributed by atoms with E-state index < -0.39 is 0 Å². The molecule has 1 aliphatic rings. The van der Waals surface area contributed by atoms with Gasteiger partial charge in [-0.05, 0) is 49.4 Å². The summed E-state index contributed by atoms with van der Waals surface area (Å²) in [5.41, 5.74) is 2.51. The fourth-order valence-corrected chi connectivity index (χ4v) is 5.27. The van der Waals surface area contributed by atoms with Crippen LogP contribution in [0.2, 0.25) is 0 Å². The van der Waals surface area contributed by atoms with Crippen LogP contribution in [0.3, 0.4) is 0 Å². The Labute approximate surface area is 185 Å². The van der Waals surface area contributed by atoms with Crippen molar-refractivity contribution in [2.24, 2.45) is 0 Å². The molecule has 0 atom stereocenters. The lowest BCUT2D eigenvalue weighted by Gasteiger charge is -2.36. The number of carbonyl (C=O) groups excluding carboxylic acids is 1. The molecule has 2 aromatic heterocycles. The van der Waals surface area contributed by atoms with E-state index in [-0.39, 0.29) is 5.91 Å². The maximum absolute atomic E-state index is 12.8. The average Bonchev–Trinajstić information content (AvgIpc) is 3.40. The number of amides is 1. The highest BCUT2D eigenvalue weighted by Crippen LogP contribution is 2.21. The first-order chi connectivity index (χ1) is 14.6. The third kappa shape index (κ3) is 5.05. The van der Waals surface area contributed by atoms with E-state index in [4.69, 9.17) is 0 Å². The molecule has 0 spiro atoms. The summed E-state index contributed by atoms with van der Waals surface area (Å²) in [5.74, 6) is 1.48. The number of nitrogens with zero attached hydrogens (tertiary/aromatic N) is 5. The van der Waals surface area contributed by atoms with Crippen LogP contribution >= 0.6 is 23.1 Å². The van der Waals surface area contributed by atoms with Crippen molar-refractivity contribution in [3.63, 3.8) is 0 Å². The van der Waals surface area contributed by atoms with Crippen LogP contribution in [0.5, 0.6) is 0 Å². The number of rotatable bonds is 7. The van der Waals surface area contributed by atoms with Crippen LogP contribution in [-0.2, 0) is 17.8 Å². The quantitative estimate of drug-likeness (QED) is 0.524. The standard InChI is InChI=1S/C22H27N5OS2/c1-17-5-3-6-19(15-17)25-10-12-26(13-11-25)21(28)16-30-22-24-23-18(2)27(22)9-8-20-7-4-14-29-20/h3-7,14-15H,8-13,16H2,1-2H3. The number of anilines is 1. The Hall–Kier alpha value is -2.32. The number of hydrogen-bond donors (Lipinski definition) is 0. The molecule has 1 amide bonds. The Morgan fingerprint density at radius 1 is 1.10 bits per heavy atom. The molecule has 1 fully saturated rings. The van der Waals surface area contributed by atoms with E-state index in [2.05, 4.69) is 68.4 Å². The van der Waals surface area contributed by atoms with Gasteiger partial charge in [-0.15, -0.1) is 21.5 Å². The van der Waals surface area contributed by atoms with Gasteiger partial charge in [-0.3, -0.25) is 4.79 Å². The van der Waals surface area contributed by atoms with Gasteiger partial charge in [-0.25, -0.2) is 0 Å². The van der Waals surface area contributed by atoms with Crippen molar-refractivity contribution in [3.8, 4) is 0 Å². The van der Waals surface area contributed by atoms with Crippen molar-refractivity contribution in [2.45, 2.75) is 32.0 Å². The lowest BCUT2D eigenvalue weighted by molar-refractivity contribution is -0.128. The van der Waals surface area contributed by atoms with Crippen LogP contribution in [0.4, 0.5) is 5.69 Å². The van der Waals surface area contributed by atoms with Crippen molar-refractivity contribution in [1.29, 1.82) is 0 Å². The zero-order chi connectivity index (χ0) is 20.9. The number of aryl methyl sites for hydroxylation is 3. The highest BCUT2D eigenvalue weighted by atomic mass is 32.2. The maximum atomic E-state index is 12.8. The lowest BCUT2D eigenvalue weighted by Crippen LogP contribution is -2.49. The molecule has 8 heteroatoms. The van der Waals surface area contributed by atoms with E-state index in [1.165, 1.54) is 27.9 Å². The predicted octanol–water partition coefficient (Wildman–Crippen LogP) is 3.64. The molecule has 3 aromatic rings. The summed E-state index contributed by atoms with van der Waals surface area (Å²) in [4.78, 5) is 18.4. The number of thiophene rings is 1. The van der Waals surface area contributed by atoms with Crippen LogP contribution in [0.15, 0.2) is 46.9 Å². The zero-order valence-electron chi connectivity index (χ0n) is 17.5. The Morgan fingerprint density at radius 2 is 1.93 bits per heavy atom. The zero-order valence-corrected chi connectivity index (χ0v) is 19.1.